The summed E-state index contributed by atoms with van der Waals surface area (Å²) in [5.41, 5.74) is 1.16. The highest BCUT2D eigenvalue weighted by atomic mass is 35.5. The van der Waals surface area contributed by atoms with Crippen LogP contribution in [0.1, 0.15) is 35.3 Å². The molecule has 162 valence electrons. The van der Waals surface area contributed by atoms with Gasteiger partial charge in [-0.25, -0.2) is 0 Å². The van der Waals surface area contributed by atoms with Crippen LogP contribution in [0, 0.1) is 5.92 Å². The molecule has 1 aliphatic carbocycles. The topological polar surface area (TPSA) is 93.9 Å². The van der Waals surface area contributed by atoms with Gasteiger partial charge in [0.25, 0.3) is 5.91 Å². The van der Waals surface area contributed by atoms with E-state index in [4.69, 9.17) is 23.2 Å². The molecular formula is C20H25Cl2N5O3. The molecule has 4 rings (SSSR count). The van der Waals surface area contributed by atoms with Gasteiger partial charge in [0.05, 0.1) is 16.6 Å². The first-order valence-electron chi connectivity index (χ1n) is 9.90. The van der Waals surface area contributed by atoms with E-state index in [1.807, 2.05) is 0 Å². The molecule has 1 saturated carbocycles. The molecule has 1 aromatic heterocycles. The molecule has 30 heavy (non-hydrogen) atoms. The van der Waals surface area contributed by atoms with Gasteiger partial charge in [0.15, 0.2) is 11.5 Å². The zero-order valence-electron chi connectivity index (χ0n) is 16.8. The Morgan fingerprint density at radius 3 is 2.67 bits per heavy atom. The zero-order chi connectivity index (χ0) is 21.6. The molecule has 3 N–H and O–H groups in total. The third-order valence-corrected chi connectivity index (χ3v) is 6.71. The molecule has 1 fully saturated rings. The summed E-state index contributed by atoms with van der Waals surface area (Å²) in [5, 5.41) is 24.4. The Morgan fingerprint density at radius 2 is 2.00 bits per heavy atom. The number of amides is 1. The van der Waals surface area contributed by atoms with Crippen LogP contribution in [0.2, 0.25) is 10.0 Å². The molecule has 1 unspecified atom stereocenters. The maximum atomic E-state index is 13.3. The van der Waals surface area contributed by atoms with E-state index in [2.05, 4.69) is 10.3 Å². The van der Waals surface area contributed by atoms with Crippen molar-refractivity contribution in [2.75, 3.05) is 23.9 Å². The van der Waals surface area contributed by atoms with Gasteiger partial charge in [-0.15, -0.1) is 0 Å². The van der Waals surface area contributed by atoms with Crippen molar-refractivity contribution in [2.24, 2.45) is 13.0 Å². The predicted molar refractivity (Wildman–Crippen MR) is 116 cm³/mol. The Hall–Kier alpha value is -2.00. The van der Waals surface area contributed by atoms with Gasteiger partial charge in [0.1, 0.15) is 0 Å². The number of hydrogen-bond acceptors (Lipinski definition) is 6. The first kappa shape index (κ1) is 21.2. The second kappa shape index (κ2) is 8.26. The van der Waals surface area contributed by atoms with E-state index in [0.717, 1.165) is 24.8 Å². The number of fused-ring (bicyclic) bond motifs is 1. The van der Waals surface area contributed by atoms with Gasteiger partial charge in [-0.1, -0.05) is 29.3 Å². The van der Waals surface area contributed by atoms with Gasteiger partial charge >= 0.3 is 0 Å². The predicted octanol–water partition coefficient (Wildman–Crippen LogP) is 2.67. The summed E-state index contributed by atoms with van der Waals surface area (Å²) in [6.45, 7) is 0.363. The zero-order valence-corrected chi connectivity index (χ0v) is 18.4. The Bertz CT molecular complexity index is 966. The molecule has 3 atom stereocenters. The van der Waals surface area contributed by atoms with Crippen molar-refractivity contribution in [3.05, 3.63) is 39.5 Å². The lowest BCUT2D eigenvalue weighted by molar-refractivity contribution is -0.000731. The lowest BCUT2D eigenvalue weighted by atomic mass is 10.1. The second-order valence-corrected chi connectivity index (χ2v) is 8.82. The standard InChI is InChI=1S/C20H25Cl2N5O3/c1-25-16-17(24-19(25)23-13-5-3-12(7-13)10-28)26(2)20(30)27(18(16)29)9-11-4-6-14(21)15(22)8-11/h4,6,8,12-13,20,28,30H,3,5,7,9-10H2,1-2H3,(H,23,24)/t12-,13+,20?/m1/s1. The number of aliphatic hydroxyl groups excluding tert-OH is 2. The molecule has 1 aliphatic heterocycles. The van der Waals surface area contributed by atoms with Gasteiger partial charge in [0, 0.05) is 26.7 Å². The van der Waals surface area contributed by atoms with Crippen LogP contribution in [0.4, 0.5) is 11.8 Å². The van der Waals surface area contributed by atoms with Gasteiger partial charge in [-0.3, -0.25) is 9.69 Å². The van der Waals surface area contributed by atoms with Crippen LogP contribution in [0.25, 0.3) is 0 Å². The van der Waals surface area contributed by atoms with Crippen molar-refractivity contribution in [3.63, 3.8) is 0 Å². The number of halogens is 2. The van der Waals surface area contributed by atoms with Crippen LogP contribution >= 0.6 is 23.2 Å². The van der Waals surface area contributed by atoms with E-state index in [1.54, 1.807) is 41.8 Å². The molecule has 2 aromatic rings. The highest BCUT2D eigenvalue weighted by molar-refractivity contribution is 6.42. The van der Waals surface area contributed by atoms with Gasteiger partial charge in [0.2, 0.25) is 12.3 Å². The number of anilines is 2. The van der Waals surface area contributed by atoms with Crippen molar-refractivity contribution in [1.82, 2.24) is 14.5 Å². The maximum Gasteiger partial charge on any atom is 0.278 e. The first-order chi connectivity index (χ1) is 14.3. The number of rotatable bonds is 5. The third-order valence-electron chi connectivity index (χ3n) is 5.97. The fourth-order valence-corrected chi connectivity index (χ4v) is 4.52. The van der Waals surface area contributed by atoms with E-state index >= 15 is 0 Å². The summed E-state index contributed by atoms with van der Waals surface area (Å²) in [7, 11) is 3.49. The molecule has 1 aromatic carbocycles. The van der Waals surface area contributed by atoms with E-state index in [9.17, 15) is 15.0 Å². The molecule has 0 bridgehead atoms. The molecule has 0 saturated heterocycles. The van der Waals surface area contributed by atoms with Crippen molar-refractivity contribution in [2.45, 2.75) is 38.2 Å². The number of imidazole rings is 1. The number of nitrogens with zero attached hydrogens (tertiary/aromatic N) is 4. The van der Waals surface area contributed by atoms with E-state index in [1.165, 1.54) is 4.90 Å². The maximum absolute atomic E-state index is 13.3. The van der Waals surface area contributed by atoms with Gasteiger partial charge in [-0.05, 0) is 42.9 Å². The third kappa shape index (κ3) is 3.73. The van der Waals surface area contributed by atoms with Crippen LogP contribution in [0.3, 0.4) is 0 Å². The lowest BCUT2D eigenvalue weighted by Crippen LogP contribution is -2.53. The van der Waals surface area contributed by atoms with Gasteiger partial charge < -0.3 is 25.0 Å². The molecule has 2 aliphatic rings. The fourth-order valence-electron chi connectivity index (χ4n) is 4.20. The average molecular weight is 454 g/mol. The number of hydrogen-bond donors (Lipinski definition) is 3. The van der Waals surface area contributed by atoms with Crippen molar-refractivity contribution >= 4 is 40.9 Å². The van der Waals surface area contributed by atoms with E-state index < -0.39 is 6.35 Å². The Balaban J connectivity index is 1.59. The molecular weight excluding hydrogens is 429 g/mol. The van der Waals surface area contributed by atoms with Crippen molar-refractivity contribution in [3.8, 4) is 0 Å². The number of benzene rings is 1. The molecule has 0 radical (unpaired) electrons. The van der Waals surface area contributed by atoms with Crippen LogP contribution in [-0.2, 0) is 13.6 Å². The molecule has 10 heteroatoms. The summed E-state index contributed by atoms with van der Waals surface area (Å²) in [6, 6.07) is 5.33. The minimum absolute atomic E-state index is 0.176. The second-order valence-electron chi connectivity index (χ2n) is 8.01. The largest absolute Gasteiger partial charge is 0.396 e. The first-order valence-corrected chi connectivity index (χ1v) is 10.7. The highest BCUT2D eigenvalue weighted by Crippen LogP contribution is 2.34. The molecule has 1 amide bonds. The van der Waals surface area contributed by atoms with Crippen LogP contribution in [0.15, 0.2) is 18.2 Å². The fraction of sp³-hybridized carbons (Fsp3) is 0.500. The molecule has 8 nitrogen and oxygen atoms in total. The normalized spacial score (nSPS) is 23.8. The van der Waals surface area contributed by atoms with Crippen LogP contribution in [-0.4, -0.2) is 56.6 Å². The molecule has 0 spiro atoms. The summed E-state index contributed by atoms with van der Waals surface area (Å²) < 4.78 is 1.73. The van der Waals surface area contributed by atoms with E-state index in [-0.39, 0.29) is 25.1 Å². The minimum atomic E-state index is -1.16. The number of aromatic nitrogens is 2. The Morgan fingerprint density at radius 1 is 1.23 bits per heavy atom. The number of nitrogens with one attached hydrogen (secondary N) is 1. The average Bonchev–Trinajstić information content (AvgIpc) is 3.31. The summed E-state index contributed by atoms with van der Waals surface area (Å²) in [5.74, 6) is 0.988. The monoisotopic (exact) mass is 453 g/mol. The Labute approximate surface area is 185 Å². The Kier molecular flexibility index (Phi) is 5.85. The minimum Gasteiger partial charge on any atom is -0.396 e. The molecule has 2 heterocycles. The number of carbonyl (C=O) groups is 1. The van der Waals surface area contributed by atoms with Crippen LogP contribution in [0.5, 0.6) is 0 Å². The summed E-state index contributed by atoms with van der Waals surface area (Å²) >= 11 is 12.1. The number of aliphatic hydroxyl groups is 2. The van der Waals surface area contributed by atoms with Crippen LogP contribution < -0.4 is 10.2 Å². The van der Waals surface area contributed by atoms with Gasteiger partial charge in [-0.2, -0.15) is 4.98 Å². The number of carbonyl (C=O) groups excluding carboxylic acids is 1. The highest BCUT2D eigenvalue weighted by Gasteiger charge is 2.39. The SMILES string of the molecule is CN1c2nc(N[C@H]3CC[C@@H](CO)C3)n(C)c2C(=O)N(Cc2ccc(Cl)c(Cl)c2)C1O. The lowest BCUT2D eigenvalue weighted by Gasteiger charge is -2.38. The van der Waals surface area contributed by atoms with Crippen molar-refractivity contribution in [1.29, 1.82) is 0 Å². The summed E-state index contributed by atoms with van der Waals surface area (Å²) in [6.07, 6.45) is 1.61. The quantitative estimate of drug-likeness (QED) is 0.644. The summed E-state index contributed by atoms with van der Waals surface area (Å²) in [4.78, 5) is 20.8. The van der Waals surface area contributed by atoms with E-state index in [0.29, 0.717) is 33.4 Å². The smallest absolute Gasteiger partial charge is 0.278 e. The van der Waals surface area contributed by atoms with Crippen molar-refractivity contribution < 1.29 is 15.0 Å².